The van der Waals surface area contributed by atoms with Crippen molar-refractivity contribution in [1.29, 1.82) is 5.41 Å². The Morgan fingerprint density at radius 2 is 1.34 bits per heavy atom. The van der Waals surface area contributed by atoms with Crippen LogP contribution in [0, 0.1) is 15.5 Å². The summed E-state index contributed by atoms with van der Waals surface area (Å²) in [6.45, 7) is 0.205. The van der Waals surface area contributed by atoms with Crippen LogP contribution in [0.15, 0.2) is 55.0 Å². The second-order valence-electron chi connectivity index (χ2n) is 10.5. The fourth-order valence-corrected chi connectivity index (χ4v) is 5.61. The first kappa shape index (κ1) is 32.1. The molecule has 4 heterocycles. The third-order valence-electron chi connectivity index (χ3n) is 6.95. The molecule has 0 fully saturated rings. The summed E-state index contributed by atoms with van der Waals surface area (Å²) < 4.78 is 5.08. The number of anilines is 3. The number of fused-ring (bicyclic) bond motifs is 1. The molecule has 0 aliphatic heterocycles. The van der Waals surface area contributed by atoms with Gasteiger partial charge in [-0.3, -0.25) is 34.7 Å². The van der Waals surface area contributed by atoms with Crippen LogP contribution in [0.25, 0.3) is 10.2 Å². The van der Waals surface area contributed by atoms with Crippen molar-refractivity contribution in [1.82, 2.24) is 24.0 Å². The van der Waals surface area contributed by atoms with Crippen LogP contribution in [0.4, 0.5) is 22.7 Å². The average molecular weight is 660 g/mol. The van der Waals surface area contributed by atoms with Crippen molar-refractivity contribution in [2.24, 2.45) is 26.9 Å². The van der Waals surface area contributed by atoms with Gasteiger partial charge in [0.1, 0.15) is 17.1 Å². The number of benzene rings is 1. The van der Waals surface area contributed by atoms with Gasteiger partial charge in [0.25, 0.3) is 29.3 Å². The number of hydrogen-bond acceptors (Lipinski definition) is 9. The number of aryl methyl sites for hydroxylation is 3. The lowest BCUT2D eigenvalue weighted by atomic mass is 10.3. The Bertz CT molecular complexity index is 2090. The van der Waals surface area contributed by atoms with E-state index in [1.54, 1.807) is 44.2 Å². The number of nitrogens with one attached hydrogen (secondary N) is 5. The molecule has 4 amide bonds. The number of nitro groups is 1. The van der Waals surface area contributed by atoms with Crippen molar-refractivity contribution >= 4 is 73.8 Å². The molecule has 0 radical (unpaired) electrons. The Morgan fingerprint density at radius 1 is 0.851 bits per heavy atom. The lowest BCUT2D eigenvalue weighted by Gasteiger charge is -2.04. The zero-order chi connectivity index (χ0) is 34.0. The molecule has 7 N–H and O–H groups in total. The number of nitro benzene ring substituents is 1. The molecule has 0 saturated heterocycles. The predicted molar refractivity (Wildman–Crippen MR) is 175 cm³/mol. The second kappa shape index (κ2) is 13.0. The first-order valence-corrected chi connectivity index (χ1v) is 14.7. The minimum Gasteiger partial charge on any atom is -0.388 e. The lowest BCUT2D eigenvalue weighted by molar-refractivity contribution is -0.383. The number of hydrogen-bond donors (Lipinski definition) is 6. The van der Waals surface area contributed by atoms with Gasteiger partial charge in [-0.25, -0.2) is 4.98 Å². The van der Waals surface area contributed by atoms with E-state index in [4.69, 9.17) is 11.1 Å². The number of amidine groups is 1. The van der Waals surface area contributed by atoms with Crippen LogP contribution < -0.4 is 27.0 Å². The van der Waals surface area contributed by atoms with Gasteiger partial charge in [0.15, 0.2) is 10.5 Å². The molecule has 18 heteroatoms. The summed E-state index contributed by atoms with van der Waals surface area (Å²) in [6.07, 6.45) is 4.89. The summed E-state index contributed by atoms with van der Waals surface area (Å²) in [5.41, 5.74) is 6.99. The molecule has 0 aliphatic rings. The van der Waals surface area contributed by atoms with Gasteiger partial charge in [-0.2, -0.15) is 0 Å². The van der Waals surface area contributed by atoms with Gasteiger partial charge in [-0.05, 0) is 24.3 Å². The van der Waals surface area contributed by atoms with Gasteiger partial charge in [0.05, 0.1) is 32.5 Å². The highest BCUT2D eigenvalue weighted by molar-refractivity contribution is 7.20. The molecular formula is C29H29N11O6S. The largest absolute Gasteiger partial charge is 0.388 e. The van der Waals surface area contributed by atoms with Gasteiger partial charge >= 0.3 is 0 Å². The molecule has 0 bridgehead atoms. The number of nitrogens with zero attached hydrogens (tertiary/aromatic N) is 5. The van der Waals surface area contributed by atoms with E-state index in [-0.39, 0.29) is 52.3 Å². The van der Waals surface area contributed by atoms with Gasteiger partial charge in [-0.1, -0.05) is 6.07 Å². The van der Waals surface area contributed by atoms with Crippen LogP contribution in [-0.4, -0.2) is 59.6 Å². The van der Waals surface area contributed by atoms with E-state index in [0.29, 0.717) is 27.5 Å². The van der Waals surface area contributed by atoms with E-state index in [1.807, 2.05) is 0 Å². The predicted octanol–water partition coefficient (Wildman–Crippen LogP) is 3.03. The highest BCUT2D eigenvalue weighted by Gasteiger charge is 2.22. The summed E-state index contributed by atoms with van der Waals surface area (Å²) in [5, 5.41) is 29.4. The monoisotopic (exact) mass is 659 g/mol. The van der Waals surface area contributed by atoms with E-state index >= 15 is 0 Å². The number of nitrogens with two attached hydrogens (primary N) is 1. The maximum Gasteiger partial charge on any atom is 0.296 e. The van der Waals surface area contributed by atoms with Crippen molar-refractivity contribution in [3.05, 3.63) is 87.2 Å². The SMILES string of the molecule is Cn1cc(NC(=O)c2cc(NC(=O)c3cc(NC(=O)c4nc5c([N+](=O)[O-])cccc5s4)cn3C)cn2C)cc1C(=O)NCCC(=N)N. The molecule has 1 aromatic carbocycles. The first-order valence-electron chi connectivity index (χ1n) is 13.9. The standard InChI is InChI=1S/C29H29N11O6S/c1-37-12-15(9-19(37)25(41)32-8-7-23(30)31)33-26(42)20-10-16(13-38(20)2)34-27(43)21-11-17(14-39(21)3)35-28(44)29-36-24-18(40(45)46)5-4-6-22(24)47-29/h4-6,9-14H,7-8H2,1-3H3,(H3,30,31)(H,32,41)(H,33,42)(H,34,43)(H,35,44). The summed E-state index contributed by atoms with van der Waals surface area (Å²) in [4.78, 5) is 66.4. The minimum absolute atomic E-state index is 0.0268. The van der Waals surface area contributed by atoms with Gasteiger partial charge in [0.2, 0.25) is 0 Å². The summed E-state index contributed by atoms with van der Waals surface area (Å²) in [6, 6.07) is 8.94. The number of non-ortho nitro benzene ring substituents is 1. The molecule has 242 valence electrons. The normalized spacial score (nSPS) is 10.9. The third-order valence-corrected chi connectivity index (χ3v) is 7.97. The molecule has 47 heavy (non-hydrogen) atoms. The van der Waals surface area contributed by atoms with Crippen molar-refractivity contribution in [3.63, 3.8) is 0 Å². The van der Waals surface area contributed by atoms with Crippen LogP contribution in [-0.2, 0) is 21.1 Å². The number of thiazole rings is 1. The molecule has 4 aromatic heterocycles. The summed E-state index contributed by atoms with van der Waals surface area (Å²) in [5.74, 6) is -2.00. The highest BCUT2D eigenvalue weighted by atomic mass is 32.1. The minimum atomic E-state index is -0.587. The zero-order valence-electron chi connectivity index (χ0n) is 25.3. The van der Waals surface area contributed by atoms with Crippen LogP contribution in [0.2, 0.25) is 0 Å². The topological polar surface area (TPSA) is 237 Å². The smallest absolute Gasteiger partial charge is 0.296 e. The molecule has 5 aromatic rings. The molecule has 17 nitrogen and oxygen atoms in total. The second-order valence-corrected chi connectivity index (χ2v) is 11.5. The maximum atomic E-state index is 13.1. The fourth-order valence-electron chi connectivity index (χ4n) is 4.73. The van der Waals surface area contributed by atoms with E-state index in [0.717, 1.165) is 11.3 Å². The number of rotatable bonds is 11. The molecule has 0 atom stereocenters. The van der Waals surface area contributed by atoms with Crippen molar-refractivity contribution in [2.45, 2.75) is 6.42 Å². The fraction of sp³-hybridized carbons (Fsp3) is 0.172. The van der Waals surface area contributed by atoms with E-state index < -0.39 is 22.6 Å². The van der Waals surface area contributed by atoms with Crippen molar-refractivity contribution in [2.75, 3.05) is 22.5 Å². The highest BCUT2D eigenvalue weighted by Crippen LogP contribution is 2.30. The lowest BCUT2D eigenvalue weighted by Crippen LogP contribution is -2.28. The van der Waals surface area contributed by atoms with Gasteiger partial charge < -0.3 is 40.7 Å². The molecule has 0 spiro atoms. The quantitative estimate of drug-likeness (QED) is 0.0532. The Labute approximate surface area is 270 Å². The Kier molecular flexibility index (Phi) is 8.86. The van der Waals surface area contributed by atoms with E-state index in [1.165, 1.54) is 45.7 Å². The van der Waals surface area contributed by atoms with Crippen LogP contribution >= 0.6 is 11.3 Å². The van der Waals surface area contributed by atoms with Crippen LogP contribution in [0.3, 0.4) is 0 Å². The van der Waals surface area contributed by atoms with Crippen LogP contribution in [0.5, 0.6) is 0 Å². The number of carbonyl (C=O) groups is 4. The molecule has 0 unspecified atom stereocenters. The van der Waals surface area contributed by atoms with Gasteiger partial charge in [0, 0.05) is 58.8 Å². The average Bonchev–Trinajstić information content (AvgIpc) is 3.77. The first-order chi connectivity index (χ1) is 22.3. The zero-order valence-corrected chi connectivity index (χ0v) is 26.1. The maximum absolute atomic E-state index is 13.1. The Morgan fingerprint density at radius 3 is 1.83 bits per heavy atom. The Balaban J connectivity index is 1.22. The molecule has 0 aliphatic carbocycles. The van der Waals surface area contributed by atoms with E-state index in [9.17, 15) is 29.3 Å². The van der Waals surface area contributed by atoms with Gasteiger partial charge in [-0.15, -0.1) is 11.3 Å². The number of para-hydroxylation sites is 1. The summed E-state index contributed by atoms with van der Waals surface area (Å²) in [7, 11) is 4.91. The third kappa shape index (κ3) is 7.01. The van der Waals surface area contributed by atoms with Crippen molar-refractivity contribution < 1.29 is 24.1 Å². The molecule has 5 rings (SSSR count). The van der Waals surface area contributed by atoms with Crippen molar-refractivity contribution in [3.8, 4) is 0 Å². The number of amides is 4. The Hall–Kier alpha value is -6.30. The van der Waals surface area contributed by atoms with Crippen LogP contribution in [0.1, 0.15) is 47.7 Å². The molecule has 0 saturated carbocycles. The number of aromatic nitrogens is 4. The summed E-state index contributed by atoms with van der Waals surface area (Å²) >= 11 is 1.01. The molecular weight excluding hydrogens is 630 g/mol. The van der Waals surface area contributed by atoms with E-state index in [2.05, 4.69) is 26.3 Å². The number of carbonyl (C=O) groups excluding carboxylic acids is 4.